The van der Waals surface area contributed by atoms with Crippen molar-refractivity contribution in [2.24, 2.45) is 4.99 Å². The monoisotopic (exact) mass is 240 g/mol. The maximum atomic E-state index is 10.7. The van der Waals surface area contributed by atoms with E-state index in [2.05, 4.69) is 16.9 Å². The number of aldehydes is 1. The van der Waals surface area contributed by atoms with Crippen LogP contribution in [-0.2, 0) is 11.2 Å². The van der Waals surface area contributed by atoms with Crippen LogP contribution < -0.4 is 5.32 Å². The number of carbonyl (C=O) groups is 1. The molecule has 0 saturated heterocycles. The van der Waals surface area contributed by atoms with E-state index in [-0.39, 0.29) is 0 Å². The Balaban J connectivity index is 2.28. The van der Waals surface area contributed by atoms with Crippen molar-refractivity contribution in [2.75, 3.05) is 12.4 Å². The van der Waals surface area contributed by atoms with Crippen molar-refractivity contribution in [1.29, 1.82) is 0 Å². The molecule has 2 rings (SSSR count). The molecular formula is C15H16N2O. The Hall–Kier alpha value is -2.16. The van der Waals surface area contributed by atoms with Gasteiger partial charge in [0.05, 0.1) is 5.71 Å². The van der Waals surface area contributed by atoms with Crippen molar-refractivity contribution in [3.8, 4) is 0 Å². The van der Waals surface area contributed by atoms with Gasteiger partial charge in [0.1, 0.15) is 6.29 Å². The molecule has 0 fully saturated rings. The van der Waals surface area contributed by atoms with E-state index >= 15 is 0 Å². The van der Waals surface area contributed by atoms with Crippen LogP contribution in [0.5, 0.6) is 0 Å². The third kappa shape index (κ3) is 2.40. The minimum absolute atomic E-state index is 0.416. The van der Waals surface area contributed by atoms with Crippen LogP contribution in [0.2, 0.25) is 0 Å². The Kier molecular flexibility index (Phi) is 3.72. The van der Waals surface area contributed by atoms with E-state index in [9.17, 15) is 4.79 Å². The molecule has 1 aliphatic heterocycles. The van der Waals surface area contributed by atoms with Gasteiger partial charge < -0.3 is 10.1 Å². The van der Waals surface area contributed by atoms with Gasteiger partial charge in [0.15, 0.2) is 0 Å². The van der Waals surface area contributed by atoms with Gasteiger partial charge in [0.2, 0.25) is 0 Å². The summed E-state index contributed by atoms with van der Waals surface area (Å²) >= 11 is 0. The zero-order valence-electron chi connectivity index (χ0n) is 10.4. The van der Waals surface area contributed by atoms with E-state index in [0.717, 1.165) is 40.8 Å². The molecule has 1 aromatic rings. The lowest BCUT2D eigenvalue weighted by Crippen LogP contribution is -2.02. The van der Waals surface area contributed by atoms with Crippen LogP contribution in [0, 0.1) is 0 Å². The smallest absolute Gasteiger partial charge is 0.124 e. The van der Waals surface area contributed by atoms with Crippen LogP contribution in [0.4, 0.5) is 5.69 Å². The van der Waals surface area contributed by atoms with Gasteiger partial charge in [-0.2, -0.15) is 0 Å². The number of allylic oxidation sites excluding steroid dienone is 2. The minimum atomic E-state index is 0.416. The lowest BCUT2D eigenvalue weighted by atomic mass is 10.00. The summed E-state index contributed by atoms with van der Waals surface area (Å²) in [4.78, 5) is 15.1. The normalized spacial score (nSPS) is 13.8. The van der Waals surface area contributed by atoms with Crippen LogP contribution in [0.25, 0.3) is 0 Å². The quantitative estimate of drug-likeness (QED) is 0.804. The molecule has 1 heterocycles. The number of hydrogen-bond acceptors (Lipinski definition) is 3. The topological polar surface area (TPSA) is 41.5 Å². The van der Waals surface area contributed by atoms with Gasteiger partial charge in [-0.05, 0) is 28.8 Å². The van der Waals surface area contributed by atoms with Gasteiger partial charge in [-0.25, -0.2) is 0 Å². The van der Waals surface area contributed by atoms with Crippen LogP contribution in [0.15, 0.2) is 47.6 Å². The van der Waals surface area contributed by atoms with E-state index in [0.29, 0.717) is 6.42 Å². The standard InChI is InChI=1S/C15H16N2O/c1-3-11-8-15(17-10-11)12-4-5-14(16-2)13(9-12)6-7-18/h3-5,7,9-10,16H,1,6,8H2,2H3. The molecule has 0 atom stereocenters. The number of aliphatic imine (C=N–C) groups is 1. The highest BCUT2D eigenvalue weighted by Crippen LogP contribution is 2.22. The highest BCUT2D eigenvalue weighted by molar-refractivity contribution is 6.04. The number of rotatable bonds is 5. The van der Waals surface area contributed by atoms with Gasteiger partial charge in [-0.15, -0.1) is 0 Å². The predicted molar refractivity (Wildman–Crippen MR) is 75.2 cm³/mol. The van der Waals surface area contributed by atoms with E-state index in [4.69, 9.17) is 0 Å². The summed E-state index contributed by atoms with van der Waals surface area (Å²) in [5.74, 6) is 0. The first kappa shape index (κ1) is 12.3. The van der Waals surface area contributed by atoms with Crippen molar-refractivity contribution >= 4 is 17.7 Å². The third-order valence-corrected chi connectivity index (χ3v) is 3.03. The molecule has 0 spiro atoms. The SMILES string of the molecule is C=CC1=CN=C(c2ccc(NC)c(CC=O)c2)C1. The van der Waals surface area contributed by atoms with Crippen molar-refractivity contribution in [3.63, 3.8) is 0 Å². The summed E-state index contributed by atoms with van der Waals surface area (Å²) in [6.45, 7) is 3.75. The summed E-state index contributed by atoms with van der Waals surface area (Å²) < 4.78 is 0. The molecule has 3 heteroatoms. The number of nitrogens with one attached hydrogen (secondary N) is 1. The second-order valence-electron chi connectivity index (χ2n) is 4.15. The molecule has 1 aromatic carbocycles. The summed E-state index contributed by atoms with van der Waals surface area (Å²) in [5.41, 5.74) is 5.21. The molecule has 18 heavy (non-hydrogen) atoms. The molecule has 1 aliphatic rings. The maximum absolute atomic E-state index is 10.7. The number of nitrogens with zero attached hydrogens (tertiary/aromatic N) is 1. The van der Waals surface area contributed by atoms with Crippen molar-refractivity contribution in [2.45, 2.75) is 12.8 Å². The van der Waals surface area contributed by atoms with Crippen LogP contribution in [0.3, 0.4) is 0 Å². The van der Waals surface area contributed by atoms with E-state index in [1.165, 1.54) is 0 Å². The van der Waals surface area contributed by atoms with Gasteiger partial charge in [-0.1, -0.05) is 18.7 Å². The van der Waals surface area contributed by atoms with E-state index in [1.807, 2.05) is 37.5 Å². The molecule has 92 valence electrons. The van der Waals surface area contributed by atoms with Crippen LogP contribution in [0.1, 0.15) is 17.5 Å². The number of hydrogen-bond donors (Lipinski definition) is 1. The molecule has 0 unspecified atom stereocenters. The Morgan fingerprint density at radius 2 is 2.33 bits per heavy atom. The first-order valence-electron chi connectivity index (χ1n) is 5.91. The van der Waals surface area contributed by atoms with E-state index < -0.39 is 0 Å². The molecule has 1 N–H and O–H groups in total. The van der Waals surface area contributed by atoms with E-state index in [1.54, 1.807) is 0 Å². The van der Waals surface area contributed by atoms with Crippen molar-refractivity contribution in [1.82, 2.24) is 0 Å². The minimum Gasteiger partial charge on any atom is -0.388 e. The van der Waals surface area contributed by atoms with Crippen LogP contribution in [-0.4, -0.2) is 19.0 Å². The highest BCUT2D eigenvalue weighted by atomic mass is 16.1. The van der Waals surface area contributed by atoms with Gasteiger partial charge in [0, 0.05) is 31.8 Å². The average molecular weight is 240 g/mol. The molecular weight excluding hydrogens is 224 g/mol. The maximum Gasteiger partial charge on any atom is 0.124 e. The Morgan fingerprint density at radius 3 is 2.94 bits per heavy atom. The summed E-state index contributed by atoms with van der Waals surface area (Å²) in [6.07, 6.45) is 5.81. The molecule has 0 aromatic heterocycles. The summed E-state index contributed by atoms with van der Waals surface area (Å²) in [6, 6.07) is 6.04. The van der Waals surface area contributed by atoms with Crippen LogP contribution >= 0.6 is 0 Å². The second kappa shape index (κ2) is 5.45. The Labute approximate surface area is 107 Å². The zero-order valence-corrected chi connectivity index (χ0v) is 10.4. The van der Waals surface area contributed by atoms with Gasteiger partial charge in [-0.3, -0.25) is 4.99 Å². The zero-order chi connectivity index (χ0) is 13.0. The lowest BCUT2D eigenvalue weighted by molar-refractivity contribution is -0.107. The fraction of sp³-hybridized carbons (Fsp3) is 0.200. The number of carbonyl (C=O) groups excluding carboxylic acids is 1. The molecule has 0 aliphatic carbocycles. The largest absolute Gasteiger partial charge is 0.388 e. The fourth-order valence-electron chi connectivity index (χ4n) is 2.02. The Morgan fingerprint density at radius 1 is 1.50 bits per heavy atom. The lowest BCUT2D eigenvalue weighted by Gasteiger charge is -2.09. The molecule has 0 saturated carbocycles. The fourth-order valence-corrected chi connectivity index (χ4v) is 2.02. The summed E-state index contributed by atoms with van der Waals surface area (Å²) in [7, 11) is 1.85. The van der Waals surface area contributed by atoms with Crippen molar-refractivity contribution < 1.29 is 4.79 Å². The Bertz CT molecular complexity index is 541. The van der Waals surface area contributed by atoms with Gasteiger partial charge in [0.25, 0.3) is 0 Å². The summed E-state index contributed by atoms with van der Waals surface area (Å²) in [5, 5.41) is 3.09. The molecule has 0 bridgehead atoms. The third-order valence-electron chi connectivity index (χ3n) is 3.03. The average Bonchev–Trinajstić information content (AvgIpc) is 2.88. The first-order valence-corrected chi connectivity index (χ1v) is 5.91. The first-order chi connectivity index (χ1) is 8.78. The number of benzene rings is 1. The predicted octanol–water partition coefficient (Wildman–Crippen LogP) is 2.73. The molecule has 3 nitrogen and oxygen atoms in total. The second-order valence-corrected chi connectivity index (χ2v) is 4.15. The highest BCUT2D eigenvalue weighted by Gasteiger charge is 2.12. The van der Waals surface area contributed by atoms with Crippen molar-refractivity contribution in [3.05, 3.63) is 53.8 Å². The molecule has 0 radical (unpaired) electrons. The van der Waals surface area contributed by atoms with Gasteiger partial charge >= 0.3 is 0 Å². The molecule has 0 amide bonds. The number of anilines is 1.